The number of nitrogens with two attached hydrogens (primary N) is 1. The maximum Gasteiger partial charge on any atom is 0.241 e. The van der Waals surface area contributed by atoms with E-state index in [0.29, 0.717) is 5.75 Å². The van der Waals surface area contributed by atoms with Crippen LogP contribution in [-0.4, -0.2) is 28.6 Å². The van der Waals surface area contributed by atoms with E-state index in [-0.39, 0.29) is 11.0 Å². The Kier molecular flexibility index (Phi) is 3.01. The van der Waals surface area contributed by atoms with Gasteiger partial charge in [-0.2, -0.15) is 0 Å². The lowest BCUT2D eigenvalue weighted by Gasteiger charge is -2.16. The van der Waals surface area contributed by atoms with Gasteiger partial charge in [-0.15, -0.1) is 0 Å². The molecule has 0 aromatic heterocycles. The smallest absolute Gasteiger partial charge is 0.241 e. The summed E-state index contributed by atoms with van der Waals surface area (Å²) in [6, 6.07) is 4.90. The van der Waals surface area contributed by atoms with Gasteiger partial charge in [0.25, 0.3) is 0 Å². The van der Waals surface area contributed by atoms with Crippen LogP contribution in [0.2, 0.25) is 0 Å². The van der Waals surface area contributed by atoms with E-state index in [1.807, 2.05) is 19.0 Å². The summed E-state index contributed by atoms with van der Waals surface area (Å²) in [6.45, 7) is 0. The van der Waals surface area contributed by atoms with Crippen molar-refractivity contribution < 1.29 is 13.2 Å². The van der Waals surface area contributed by atoms with Gasteiger partial charge in [-0.25, -0.2) is 13.6 Å². The number of anilines is 1. The number of hydrogen-bond acceptors (Lipinski definition) is 4. The number of nitrogens with zero attached hydrogens (tertiary/aromatic N) is 1. The van der Waals surface area contributed by atoms with Gasteiger partial charge in [0, 0.05) is 25.8 Å². The maximum absolute atomic E-state index is 11.4. The average molecular weight is 256 g/mol. The molecule has 94 valence electrons. The van der Waals surface area contributed by atoms with Crippen LogP contribution in [0.25, 0.3) is 0 Å². The molecule has 0 atom stereocenters. The minimum Gasteiger partial charge on any atom is -0.489 e. The topological polar surface area (TPSA) is 72.6 Å². The molecule has 0 heterocycles. The van der Waals surface area contributed by atoms with Gasteiger partial charge < -0.3 is 9.64 Å². The molecular weight excluding hydrogens is 240 g/mol. The fraction of sp³-hybridized carbons (Fsp3) is 0.455. The fourth-order valence-electron chi connectivity index (χ4n) is 1.47. The van der Waals surface area contributed by atoms with Crippen LogP contribution in [0.1, 0.15) is 12.8 Å². The minimum atomic E-state index is -3.74. The quantitative estimate of drug-likeness (QED) is 0.870. The van der Waals surface area contributed by atoms with Crippen LogP contribution in [0.3, 0.4) is 0 Å². The first-order valence-electron chi connectivity index (χ1n) is 5.39. The lowest BCUT2D eigenvalue weighted by Crippen LogP contribution is -2.16. The summed E-state index contributed by atoms with van der Waals surface area (Å²) in [4.78, 5) is 1.93. The van der Waals surface area contributed by atoms with Gasteiger partial charge >= 0.3 is 0 Å². The Bertz CT molecular complexity index is 522. The summed E-state index contributed by atoms with van der Waals surface area (Å²) in [6.07, 6.45) is 2.07. The highest BCUT2D eigenvalue weighted by Crippen LogP contribution is 2.33. The van der Waals surface area contributed by atoms with Gasteiger partial charge in [-0.1, -0.05) is 0 Å². The third-order valence-corrected chi connectivity index (χ3v) is 3.52. The van der Waals surface area contributed by atoms with Crippen molar-refractivity contribution in [1.82, 2.24) is 0 Å². The zero-order valence-corrected chi connectivity index (χ0v) is 10.7. The Morgan fingerprint density at radius 3 is 2.47 bits per heavy atom. The average Bonchev–Trinajstić information content (AvgIpc) is 2.99. The van der Waals surface area contributed by atoms with E-state index in [0.717, 1.165) is 18.5 Å². The summed E-state index contributed by atoms with van der Waals surface area (Å²) >= 11 is 0. The normalized spacial score (nSPS) is 15.7. The number of hydrogen-bond donors (Lipinski definition) is 1. The fourth-order valence-corrected chi connectivity index (χ4v) is 2.11. The first-order chi connectivity index (χ1) is 7.88. The van der Waals surface area contributed by atoms with Crippen LogP contribution in [0.15, 0.2) is 23.1 Å². The van der Waals surface area contributed by atoms with Gasteiger partial charge in [0.1, 0.15) is 10.6 Å². The van der Waals surface area contributed by atoms with Crippen molar-refractivity contribution in [1.29, 1.82) is 0 Å². The second-order valence-corrected chi connectivity index (χ2v) is 5.92. The Hall–Kier alpha value is -1.27. The highest BCUT2D eigenvalue weighted by molar-refractivity contribution is 7.89. The Morgan fingerprint density at radius 1 is 1.35 bits per heavy atom. The van der Waals surface area contributed by atoms with Crippen LogP contribution >= 0.6 is 0 Å². The third-order valence-electron chi connectivity index (χ3n) is 2.57. The van der Waals surface area contributed by atoms with Crippen molar-refractivity contribution in [3.8, 4) is 5.75 Å². The summed E-state index contributed by atoms with van der Waals surface area (Å²) in [7, 11) is 0.0263. The molecule has 2 N–H and O–H groups in total. The van der Waals surface area contributed by atoms with Gasteiger partial charge in [-0.05, 0) is 25.0 Å². The molecule has 0 saturated heterocycles. The zero-order chi connectivity index (χ0) is 12.6. The third kappa shape index (κ3) is 2.89. The van der Waals surface area contributed by atoms with Crippen LogP contribution in [0.4, 0.5) is 5.69 Å². The standard InChI is InChI=1S/C11H16N2O3S/c1-13(2)8-3-6-11(17(12,14)15)10(7-8)16-9-4-5-9/h3,6-7,9H,4-5H2,1-2H3,(H2,12,14,15). The molecule has 0 aliphatic heterocycles. The molecule has 0 unspecified atom stereocenters. The first kappa shape index (κ1) is 12.2. The molecule has 0 amide bonds. The second kappa shape index (κ2) is 4.19. The van der Waals surface area contributed by atoms with Crippen LogP contribution < -0.4 is 14.8 Å². The molecule has 1 aromatic carbocycles. The first-order valence-corrected chi connectivity index (χ1v) is 6.93. The highest BCUT2D eigenvalue weighted by Gasteiger charge is 2.26. The largest absolute Gasteiger partial charge is 0.489 e. The van der Waals surface area contributed by atoms with Crippen molar-refractivity contribution in [3.05, 3.63) is 18.2 Å². The summed E-state index contributed by atoms with van der Waals surface area (Å²) < 4.78 is 28.4. The molecule has 6 heteroatoms. The summed E-state index contributed by atoms with van der Waals surface area (Å²) in [5.41, 5.74) is 0.882. The SMILES string of the molecule is CN(C)c1ccc(S(N)(=O)=O)c(OC2CC2)c1. The number of ether oxygens (including phenoxy) is 1. The molecule has 0 bridgehead atoms. The molecule has 5 nitrogen and oxygen atoms in total. The van der Waals surface area contributed by atoms with Gasteiger partial charge in [-0.3, -0.25) is 0 Å². The molecule has 2 rings (SSSR count). The van der Waals surface area contributed by atoms with Crippen molar-refractivity contribution in [2.45, 2.75) is 23.8 Å². The second-order valence-electron chi connectivity index (χ2n) is 4.39. The molecule has 1 aliphatic carbocycles. The monoisotopic (exact) mass is 256 g/mol. The van der Waals surface area contributed by atoms with E-state index < -0.39 is 10.0 Å². The number of sulfonamides is 1. The lowest BCUT2D eigenvalue weighted by atomic mass is 10.3. The van der Waals surface area contributed by atoms with E-state index >= 15 is 0 Å². The Balaban J connectivity index is 2.43. The van der Waals surface area contributed by atoms with Crippen LogP contribution in [-0.2, 0) is 10.0 Å². The predicted octanol–water partition coefficient (Wildman–Crippen LogP) is 0.941. The van der Waals surface area contributed by atoms with Crippen LogP contribution in [0, 0.1) is 0 Å². The van der Waals surface area contributed by atoms with Crippen LogP contribution in [0.5, 0.6) is 5.75 Å². The number of rotatable bonds is 4. The van der Waals surface area contributed by atoms with Gasteiger partial charge in [0.05, 0.1) is 6.10 Å². The predicted molar refractivity (Wildman–Crippen MR) is 65.8 cm³/mol. The van der Waals surface area contributed by atoms with Crippen molar-refractivity contribution >= 4 is 15.7 Å². The molecular formula is C11H16N2O3S. The minimum absolute atomic E-state index is 0.0509. The maximum atomic E-state index is 11.4. The van der Waals surface area contributed by atoms with E-state index in [9.17, 15) is 8.42 Å². The van der Waals surface area contributed by atoms with E-state index in [4.69, 9.17) is 9.88 Å². The van der Waals surface area contributed by atoms with Gasteiger partial charge in [0.2, 0.25) is 10.0 Å². The molecule has 0 radical (unpaired) electrons. The molecule has 0 spiro atoms. The Labute approximate surface area is 101 Å². The molecule has 1 aromatic rings. The lowest BCUT2D eigenvalue weighted by molar-refractivity contribution is 0.295. The molecule has 1 fully saturated rings. The van der Waals surface area contributed by atoms with Crippen molar-refractivity contribution in [2.75, 3.05) is 19.0 Å². The van der Waals surface area contributed by atoms with Gasteiger partial charge in [0.15, 0.2) is 0 Å². The molecule has 1 saturated carbocycles. The van der Waals surface area contributed by atoms with Crippen molar-refractivity contribution in [3.63, 3.8) is 0 Å². The molecule has 1 aliphatic rings. The Morgan fingerprint density at radius 2 is 2.00 bits per heavy atom. The number of benzene rings is 1. The van der Waals surface area contributed by atoms with E-state index in [1.54, 1.807) is 12.1 Å². The molecule has 17 heavy (non-hydrogen) atoms. The van der Waals surface area contributed by atoms with E-state index in [2.05, 4.69) is 0 Å². The highest BCUT2D eigenvalue weighted by atomic mass is 32.2. The van der Waals surface area contributed by atoms with Crippen molar-refractivity contribution in [2.24, 2.45) is 5.14 Å². The summed E-state index contributed by atoms with van der Waals surface area (Å²) in [5, 5.41) is 5.16. The number of primary sulfonamides is 1. The van der Waals surface area contributed by atoms with E-state index in [1.165, 1.54) is 6.07 Å². The summed E-state index contributed by atoms with van der Waals surface area (Å²) in [5.74, 6) is 0.348. The zero-order valence-electron chi connectivity index (χ0n) is 9.88.